The Balaban J connectivity index is 1.86. The molecule has 1 heterocycles. The zero-order valence-corrected chi connectivity index (χ0v) is 12.1. The molecule has 2 aromatic rings. The third-order valence-electron chi connectivity index (χ3n) is 3.45. The van der Waals surface area contributed by atoms with E-state index in [1.165, 1.54) is 0 Å². The molecule has 1 aliphatic rings. The summed E-state index contributed by atoms with van der Waals surface area (Å²) < 4.78 is 16.2. The van der Waals surface area contributed by atoms with Crippen LogP contribution in [0.5, 0.6) is 11.5 Å². The maximum atomic E-state index is 5.73. The lowest BCUT2D eigenvalue weighted by molar-refractivity contribution is 0.319. The fourth-order valence-corrected chi connectivity index (χ4v) is 2.31. The van der Waals surface area contributed by atoms with Gasteiger partial charge in [-0.25, -0.2) is 4.99 Å². The number of hydrogen-bond acceptors (Lipinski definition) is 4. The van der Waals surface area contributed by atoms with Crippen molar-refractivity contribution in [2.75, 3.05) is 20.8 Å². The second-order valence-corrected chi connectivity index (χ2v) is 4.77. The SMILES string of the molecule is COc1cccc(C2=NC(c3cccc(OC)c3)CO2)c1. The zero-order chi connectivity index (χ0) is 14.7. The molecule has 1 atom stereocenters. The summed E-state index contributed by atoms with van der Waals surface area (Å²) in [6.45, 7) is 0.541. The fraction of sp³-hybridized carbons (Fsp3) is 0.235. The predicted octanol–water partition coefficient (Wildman–Crippen LogP) is 3.22. The first-order chi connectivity index (χ1) is 10.3. The molecule has 0 fully saturated rings. The number of benzene rings is 2. The fourth-order valence-electron chi connectivity index (χ4n) is 2.31. The van der Waals surface area contributed by atoms with Crippen LogP contribution in [0.25, 0.3) is 0 Å². The standard InChI is InChI=1S/C17H17NO3/c1-19-14-7-3-5-12(9-14)16-11-21-17(18-16)13-6-4-8-15(10-13)20-2/h3-10,16H,11H2,1-2H3. The highest BCUT2D eigenvalue weighted by Crippen LogP contribution is 2.28. The van der Waals surface area contributed by atoms with Crippen LogP contribution in [0.3, 0.4) is 0 Å². The minimum atomic E-state index is 0.00120. The third-order valence-corrected chi connectivity index (χ3v) is 3.45. The first-order valence-electron chi connectivity index (χ1n) is 6.79. The number of ether oxygens (including phenoxy) is 3. The molecule has 4 heteroatoms. The molecule has 108 valence electrons. The van der Waals surface area contributed by atoms with E-state index in [2.05, 4.69) is 4.99 Å². The van der Waals surface area contributed by atoms with Crippen molar-refractivity contribution in [3.63, 3.8) is 0 Å². The molecule has 0 spiro atoms. The van der Waals surface area contributed by atoms with Crippen molar-refractivity contribution in [1.29, 1.82) is 0 Å². The first kappa shape index (κ1) is 13.5. The summed E-state index contributed by atoms with van der Waals surface area (Å²) in [5.74, 6) is 2.28. The molecule has 1 unspecified atom stereocenters. The van der Waals surface area contributed by atoms with Crippen LogP contribution in [0.1, 0.15) is 17.2 Å². The Kier molecular flexibility index (Phi) is 3.77. The van der Waals surface area contributed by atoms with Crippen LogP contribution in [0, 0.1) is 0 Å². The molecule has 4 nitrogen and oxygen atoms in total. The average Bonchev–Trinajstić information content (AvgIpc) is 3.05. The maximum absolute atomic E-state index is 5.73. The van der Waals surface area contributed by atoms with Crippen molar-refractivity contribution in [2.45, 2.75) is 6.04 Å². The molecule has 2 aromatic carbocycles. The summed E-state index contributed by atoms with van der Waals surface area (Å²) in [5, 5.41) is 0. The molecule has 1 aliphatic heterocycles. The Morgan fingerprint density at radius 3 is 2.48 bits per heavy atom. The van der Waals surface area contributed by atoms with Gasteiger partial charge in [-0.2, -0.15) is 0 Å². The van der Waals surface area contributed by atoms with Gasteiger partial charge in [0, 0.05) is 5.56 Å². The Morgan fingerprint density at radius 1 is 1.00 bits per heavy atom. The average molecular weight is 283 g/mol. The highest BCUT2D eigenvalue weighted by Gasteiger charge is 2.22. The minimum absolute atomic E-state index is 0.00120. The Morgan fingerprint density at radius 2 is 1.71 bits per heavy atom. The Labute approximate surface area is 124 Å². The van der Waals surface area contributed by atoms with Gasteiger partial charge in [-0.15, -0.1) is 0 Å². The molecular formula is C17H17NO3. The van der Waals surface area contributed by atoms with Gasteiger partial charge >= 0.3 is 0 Å². The van der Waals surface area contributed by atoms with Crippen LogP contribution >= 0.6 is 0 Å². The normalized spacial score (nSPS) is 17.0. The van der Waals surface area contributed by atoms with Crippen molar-refractivity contribution in [3.8, 4) is 11.5 Å². The molecule has 0 N–H and O–H groups in total. The van der Waals surface area contributed by atoms with E-state index < -0.39 is 0 Å². The molecule has 21 heavy (non-hydrogen) atoms. The molecule has 3 rings (SSSR count). The van der Waals surface area contributed by atoms with Crippen molar-refractivity contribution in [3.05, 3.63) is 59.7 Å². The molecule has 0 radical (unpaired) electrons. The highest BCUT2D eigenvalue weighted by molar-refractivity contribution is 5.95. The molecule has 0 aliphatic carbocycles. The van der Waals surface area contributed by atoms with Gasteiger partial charge in [0.15, 0.2) is 0 Å². The summed E-state index contributed by atoms with van der Waals surface area (Å²) in [5.41, 5.74) is 2.02. The van der Waals surface area contributed by atoms with Gasteiger partial charge in [0.2, 0.25) is 5.90 Å². The van der Waals surface area contributed by atoms with Gasteiger partial charge in [0.1, 0.15) is 24.1 Å². The largest absolute Gasteiger partial charge is 0.497 e. The second-order valence-electron chi connectivity index (χ2n) is 4.77. The van der Waals surface area contributed by atoms with Crippen molar-refractivity contribution in [1.82, 2.24) is 0 Å². The molecule has 0 saturated heterocycles. The minimum Gasteiger partial charge on any atom is -0.497 e. The Hall–Kier alpha value is -2.49. The predicted molar refractivity (Wildman–Crippen MR) is 81.2 cm³/mol. The lowest BCUT2D eigenvalue weighted by Gasteiger charge is -2.07. The number of rotatable bonds is 4. The van der Waals surface area contributed by atoms with E-state index in [1.54, 1.807) is 14.2 Å². The number of aliphatic imine (C=N–C) groups is 1. The van der Waals surface area contributed by atoms with E-state index in [0.717, 1.165) is 22.6 Å². The number of methoxy groups -OCH3 is 2. The topological polar surface area (TPSA) is 40.0 Å². The van der Waals surface area contributed by atoms with Gasteiger partial charge in [-0.05, 0) is 35.9 Å². The second kappa shape index (κ2) is 5.87. The third kappa shape index (κ3) is 2.84. The molecule has 0 saturated carbocycles. The van der Waals surface area contributed by atoms with Crippen molar-refractivity contribution >= 4 is 5.90 Å². The molecule has 0 amide bonds. The van der Waals surface area contributed by atoms with E-state index in [4.69, 9.17) is 14.2 Å². The van der Waals surface area contributed by atoms with Gasteiger partial charge in [-0.1, -0.05) is 18.2 Å². The van der Waals surface area contributed by atoms with Gasteiger partial charge in [0.05, 0.1) is 14.2 Å². The number of nitrogens with zero attached hydrogens (tertiary/aromatic N) is 1. The summed E-state index contributed by atoms with van der Waals surface area (Å²) in [6, 6.07) is 15.6. The van der Waals surface area contributed by atoms with Gasteiger partial charge in [0.25, 0.3) is 0 Å². The summed E-state index contributed by atoms with van der Waals surface area (Å²) >= 11 is 0. The Bertz CT molecular complexity index is 667. The van der Waals surface area contributed by atoms with Gasteiger partial charge < -0.3 is 14.2 Å². The smallest absolute Gasteiger partial charge is 0.217 e. The van der Waals surface area contributed by atoms with E-state index in [1.807, 2.05) is 48.5 Å². The van der Waals surface area contributed by atoms with Gasteiger partial charge in [-0.3, -0.25) is 0 Å². The van der Waals surface area contributed by atoms with E-state index in [0.29, 0.717) is 12.5 Å². The van der Waals surface area contributed by atoms with Crippen LogP contribution in [-0.4, -0.2) is 26.7 Å². The van der Waals surface area contributed by atoms with Crippen LogP contribution < -0.4 is 9.47 Å². The van der Waals surface area contributed by atoms with Crippen molar-refractivity contribution < 1.29 is 14.2 Å². The van der Waals surface area contributed by atoms with E-state index >= 15 is 0 Å². The van der Waals surface area contributed by atoms with Crippen LogP contribution in [0.4, 0.5) is 0 Å². The van der Waals surface area contributed by atoms with Crippen LogP contribution in [0.2, 0.25) is 0 Å². The zero-order valence-electron chi connectivity index (χ0n) is 12.1. The maximum Gasteiger partial charge on any atom is 0.217 e. The monoisotopic (exact) mass is 283 g/mol. The number of hydrogen-bond donors (Lipinski definition) is 0. The summed E-state index contributed by atoms with van der Waals surface area (Å²) in [4.78, 5) is 4.66. The van der Waals surface area contributed by atoms with E-state index in [9.17, 15) is 0 Å². The van der Waals surface area contributed by atoms with Crippen molar-refractivity contribution in [2.24, 2.45) is 4.99 Å². The lowest BCUT2D eigenvalue weighted by Crippen LogP contribution is -2.01. The molecular weight excluding hydrogens is 266 g/mol. The lowest BCUT2D eigenvalue weighted by atomic mass is 10.1. The van der Waals surface area contributed by atoms with Crippen LogP contribution in [0.15, 0.2) is 53.5 Å². The first-order valence-corrected chi connectivity index (χ1v) is 6.79. The van der Waals surface area contributed by atoms with E-state index in [-0.39, 0.29) is 6.04 Å². The van der Waals surface area contributed by atoms with Crippen LogP contribution in [-0.2, 0) is 4.74 Å². The highest BCUT2D eigenvalue weighted by atomic mass is 16.5. The summed E-state index contributed by atoms with van der Waals surface area (Å²) in [7, 11) is 3.31. The quantitative estimate of drug-likeness (QED) is 0.865. The molecule has 0 bridgehead atoms. The summed E-state index contributed by atoms with van der Waals surface area (Å²) in [6.07, 6.45) is 0. The molecule has 0 aromatic heterocycles.